The van der Waals surface area contributed by atoms with Crippen LogP contribution < -0.4 is 10.1 Å². The van der Waals surface area contributed by atoms with Gasteiger partial charge in [0.15, 0.2) is 6.61 Å². The van der Waals surface area contributed by atoms with Crippen molar-refractivity contribution < 1.29 is 23.8 Å². The number of methoxy groups -OCH3 is 1. The van der Waals surface area contributed by atoms with Crippen LogP contribution in [0.2, 0.25) is 0 Å². The molecule has 0 fully saturated rings. The maximum atomic E-state index is 12.2. The van der Waals surface area contributed by atoms with Gasteiger partial charge in [-0.15, -0.1) is 0 Å². The largest absolute Gasteiger partial charge is 0.496 e. The van der Waals surface area contributed by atoms with Gasteiger partial charge < -0.3 is 19.5 Å². The molecule has 140 valence electrons. The van der Waals surface area contributed by atoms with Crippen LogP contribution in [0.15, 0.2) is 42.5 Å². The number of ether oxygens (including phenoxy) is 3. The van der Waals surface area contributed by atoms with E-state index in [0.717, 1.165) is 0 Å². The first kappa shape index (κ1) is 19.9. The summed E-state index contributed by atoms with van der Waals surface area (Å²) < 4.78 is 15.7. The molecular formula is C20H20N2O5. The fourth-order valence-corrected chi connectivity index (χ4v) is 2.32. The fraction of sp³-hybridized carbons (Fsp3) is 0.250. The number of carbonyl (C=O) groups is 2. The molecule has 2 aromatic rings. The fourth-order valence-electron chi connectivity index (χ4n) is 2.32. The maximum absolute atomic E-state index is 12.2. The summed E-state index contributed by atoms with van der Waals surface area (Å²) in [5.74, 6) is -0.570. The van der Waals surface area contributed by atoms with E-state index in [1.807, 2.05) is 13.0 Å². The first-order valence-electron chi connectivity index (χ1n) is 8.29. The highest BCUT2D eigenvalue weighted by Gasteiger charge is 2.14. The van der Waals surface area contributed by atoms with Gasteiger partial charge in [-0.2, -0.15) is 5.26 Å². The first-order chi connectivity index (χ1) is 13.1. The lowest BCUT2D eigenvalue weighted by atomic mass is 10.1. The summed E-state index contributed by atoms with van der Waals surface area (Å²) in [6.45, 7) is 2.23. The van der Waals surface area contributed by atoms with Crippen LogP contribution in [-0.4, -0.2) is 32.2 Å². The van der Waals surface area contributed by atoms with Crippen molar-refractivity contribution in [2.75, 3.05) is 25.6 Å². The van der Waals surface area contributed by atoms with Crippen LogP contribution in [0.5, 0.6) is 5.75 Å². The number of benzene rings is 2. The third-order valence-electron chi connectivity index (χ3n) is 3.63. The number of anilines is 1. The van der Waals surface area contributed by atoms with E-state index in [1.165, 1.54) is 7.11 Å². The van der Waals surface area contributed by atoms with Crippen molar-refractivity contribution >= 4 is 17.6 Å². The summed E-state index contributed by atoms with van der Waals surface area (Å²) in [7, 11) is 1.53. The lowest BCUT2D eigenvalue weighted by Gasteiger charge is -2.11. The Morgan fingerprint density at radius 3 is 2.67 bits per heavy atom. The third kappa shape index (κ3) is 5.56. The van der Waals surface area contributed by atoms with Gasteiger partial charge in [-0.3, -0.25) is 4.79 Å². The van der Waals surface area contributed by atoms with E-state index in [-0.39, 0.29) is 5.56 Å². The van der Waals surface area contributed by atoms with E-state index in [0.29, 0.717) is 35.8 Å². The van der Waals surface area contributed by atoms with Crippen molar-refractivity contribution in [3.05, 3.63) is 59.2 Å². The predicted octanol–water partition coefficient (Wildman–Crippen LogP) is 2.90. The van der Waals surface area contributed by atoms with Crippen molar-refractivity contribution in [3.8, 4) is 11.8 Å². The predicted molar refractivity (Wildman–Crippen MR) is 98.4 cm³/mol. The molecule has 1 amide bonds. The van der Waals surface area contributed by atoms with E-state index in [4.69, 9.17) is 19.5 Å². The van der Waals surface area contributed by atoms with Gasteiger partial charge in [0.2, 0.25) is 0 Å². The van der Waals surface area contributed by atoms with Gasteiger partial charge >= 0.3 is 5.97 Å². The van der Waals surface area contributed by atoms with E-state index >= 15 is 0 Å². The third-order valence-corrected chi connectivity index (χ3v) is 3.63. The second kappa shape index (κ2) is 9.94. The molecule has 7 nitrogen and oxygen atoms in total. The van der Waals surface area contributed by atoms with Gasteiger partial charge in [0.05, 0.1) is 30.5 Å². The number of esters is 1. The SMILES string of the molecule is CCOCc1cc(C(=O)OCC(=O)Nc2ccccc2C#N)ccc1OC. The van der Waals surface area contributed by atoms with Crippen LogP contribution in [0.1, 0.15) is 28.4 Å². The quantitative estimate of drug-likeness (QED) is 0.720. The molecule has 27 heavy (non-hydrogen) atoms. The van der Waals surface area contributed by atoms with E-state index in [1.54, 1.807) is 42.5 Å². The molecule has 1 N–H and O–H groups in total. The summed E-state index contributed by atoms with van der Waals surface area (Å²) in [5.41, 5.74) is 1.69. The first-order valence-corrected chi connectivity index (χ1v) is 8.29. The van der Waals surface area contributed by atoms with Crippen molar-refractivity contribution in [2.24, 2.45) is 0 Å². The normalized spacial score (nSPS) is 9.96. The number of nitrogens with one attached hydrogen (secondary N) is 1. The molecule has 2 rings (SSSR count). The van der Waals surface area contributed by atoms with Gasteiger partial charge in [-0.1, -0.05) is 12.1 Å². The minimum atomic E-state index is -0.640. The Labute approximate surface area is 157 Å². The molecule has 0 unspecified atom stereocenters. The Bertz CT molecular complexity index is 858. The zero-order valence-corrected chi connectivity index (χ0v) is 15.2. The lowest BCUT2D eigenvalue weighted by Crippen LogP contribution is -2.21. The highest BCUT2D eigenvalue weighted by atomic mass is 16.5. The zero-order valence-electron chi connectivity index (χ0n) is 15.2. The van der Waals surface area contributed by atoms with Crippen molar-refractivity contribution in [3.63, 3.8) is 0 Å². The Morgan fingerprint density at radius 1 is 1.19 bits per heavy atom. The van der Waals surface area contributed by atoms with Gasteiger partial charge in [0.25, 0.3) is 5.91 Å². The average molecular weight is 368 g/mol. The second-order valence-electron chi connectivity index (χ2n) is 5.45. The van der Waals surface area contributed by atoms with Crippen molar-refractivity contribution in [1.82, 2.24) is 0 Å². The van der Waals surface area contributed by atoms with Crippen molar-refractivity contribution in [1.29, 1.82) is 5.26 Å². The monoisotopic (exact) mass is 368 g/mol. The molecule has 2 aromatic carbocycles. The Hall–Kier alpha value is -3.37. The summed E-state index contributed by atoms with van der Waals surface area (Å²) in [4.78, 5) is 24.2. The van der Waals surface area contributed by atoms with Crippen LogP contribution in [-0.2, 0) is 20.9 Å². The number of hydrogen-bond acceptors (Lipinski definition) is 6. The number of para-hydroxylation sites is 1. The van der Waals surface area contributed by atoms with Gasteiger partial charge in [-0.25, -0.2) is 4.79 Å². The van der Waals surface area contributed by atoms with E-state index in [2.05, 4.69) is 5.32 Å². The van der Waals surface area contributed by atoms with E-state index < -0.39 is 18.5 Å². The molecule has 0 atom stereocenters. The molecule has 0 aliphatic carbocycles. The van der Waals surface area contributed by atoms with Crippen LogP contribution in [0.3, 0.4) is 0 Å². The summed E-state index contributed by atoms with van der Waals surface area (Å²) in [6, 6.07) is 13.4. The Morgan fingerprint density at radius 2 is 1.96 bits per heavy atom. The average Bonchev–Trinajstić information content (AvgIpc) is 2.70. The lowest BCUT2D eigenvalue weighted by molar-refractivity contribution is -0.119. The molecule has 0 saturated heterocycles. The topological polar surface area (TPSA) is 97.6 Å². The minimum absolute atomic E-state index is 0.288. The van der Waals surface area contributed by atoms with Crippen LogP contribution in [0, 0.1) is 11.3 Å². The summed E-state index contributed by atoms with van der Waals surface area (Å²) in [5, 5.41) is 11.6. The van der Waals surface area contributed by atoms with Crippen LogP contribution >= 0.6 is 0 Å². The maximum Gasteiger partial charge on any atom is 0.338 e. The number of nitrogens with zero attached hydrogens (tertiary/aromatic N) is 1. The smallest absolute Gasteiger partial charge is 0.338 e. The Kier molecular flexibility index (Phi) is 7.35. The van der Waals surface area contributed by atoms with E-state index in [9.17, 15) is 9.59 Å². The molecule has 0 aliphatic rings. The van der Waals surface area contributed by atoms with Crippen molar-refractivity contribution in [2.45, 2.75) is 13.5 Å². The Balaban J connectivity index is 1.98. The van der Waals surface area contributed by atoms with Gasteiger partial charge in [-0.05, 0) is 37.3 Å². The minimum Gasteiger partial charge on any atom is -0.496 e. The number of amides is 1. The molecule has 0 heterocycles. The molecule has 7 heteroatoms. The molecule has 0 bridgehead atoms. The van der Waals surface area contributed by atoms with Gasteiger partial charge in [0, 0.05) is 12.2 Å². The second-order valence-corrected chi connectivity index (χ2v) is 5.45. The van der Waals surface area contributed by atoms with Crippen LogP contribution in [0.4, 0.5) is 5.69 Å². The number of hydrogen-bond donors (Lipinski definition) is 1. The highest BCUT2D eigenvalue weighted by Crippen LogP contribution is 2.21. The molecule has 0 aliphatic heterocycles. The summed E-state index contributed by atoms with van der Waals surface area (Å²) >= 11 is 0. The number of nitriles is 1. The standard InChI is InChI=1S/C20H20N2O5/c1-3-26-12-16-10-14(8-9-18(16)25-2)20(24)27-13-19(23)22-17-7-5-4-6-15(17)11-21/h4-10H,3,12-13H2,1-2H3,(H,22,23). The molecule has 0 radical (unpaired) electrons. The highest BCUT2D eigenvalue weighted by molar-refractivity contribution is 5.96. The van der Waals surface area contributed by atoms with Crippen LogP contribution in [0.25, 0.3) is 0 Å². The molecule has 0 saturated carbocycles. The zero-order chi connectivity index (χ0) is 19.6. The molecular weight excluding hydrogens is 348 g/mol. The molecule has 0 aromatic heterocycles. The van der Waals surface area contributed by atoms with Gasteiger partial charge in [0.1, 0.15) is 11.8 Å². The summed E-state index contributed by atoms with van der Waals surface area (Å²) in [6.07, 6.45) is 0. The number of carbonyl (C=O) groups excluding carboxylic acids is 2. The number of rotatable bonds is 8. The molecule has 0 spiro atoms.